The first-order valence-corrected chi connectivity index (χ1v) is 8.63. The highest BCUT2D eigenvalue weighted by atomic mass is 35.5. The third-order valence-corrected chi connectivity index (χ3v) is 6.94. The Morgan fingerprint density at radius 1 is 1.15 bits per heavy atom. The normalized spacial score (nSPS) is 19.3. The molecule has 1 aliphatic rings. The van der Waals surface area contributed by atoms with Crippen LogP contribution in [0.25, 0.3) is 0 Å². The van der Waals surface area contributed by atoms with Crippen LogP contribution in [0.3, 0.4) is 0 Å². The van der Waals surface area contributed by atoms with Crippen molar-refractivity contribution in [1.29, 1.82) is 0 Å². The van der Waals surface area contributed by atoms with E-state index in [-0.39, 0.29) is 18.2 Å². The van der Waals surface area contributed by atoms with Crippen LogP contribution in [-0.2, 0) is 14.6 Å². The second-order valence-electron chi connectivity index (χ2n) is 5.48. The molecular formula is C15H24ClNO2S. The Morgan fingerprint density at radius 2 is 1.70 bits per heavy atom. The van der Waals surface area contributed by atoms with Gasteiger partial charge in [-0.3, -0.25) is 0 Å². The smallest absolute Gasteiger partial charge is 0.160 e. The van der Waals surface area contributed by atoms with E-state index in [2.05, 4.69) is 11.9 Å². The lowest BCUT2D eigenvalue weighted by molar-refractivity contribution is 0.232. The zero-order valence-corrected chi connectivity index (χ0v) is 13.8. The van der Waals surface area contributed by atoms with Crippen molar-refractivity contribution in [2.45, 2.75) is 30.9 Å². The van der Waals surface area contributed by atoms with E-state index in [0.717, 1.165) is 18.7 Å². The number of hydrogen-bond donors (Lipinski definition) is 0. The van der Waals surface area contributed by atoms with Crippen molar-refractivity contribution in [1.82, 2.24) is 4.90 Å². The summed E-state index contributed by atoms with van der Waals surface area (Å²) in [5.41, 5.74) is 0.969. The monoisotopic (exact) mass is 317 g/mol. The molecule has 0 radical (unpaired) electrons. The molecule has 5 heteroatoms. The molecule has 0 aromatic heterocycles. The summed E-state index contributed by atoms with van der Waals surface area (Å²) in [4.78, 5) is 2.21. The average molecular weight is 318 g/mol. The fourth-order valence-electron chi connectivity index (χ4n) is 2.96. The van der Waals surface area contributed by atoms with Gasteiger partial charge in [0.25, 0.3) is 0 Å². The van der Waals surface area contributed by atoms with Crippen molar-refractivity contribution in [3.63, 3.8) is 0 Å². The minimum absolute atomic E-state index is 0. The fraction of sp³-hybridized carbons (Fsp3) is 0.600. The molecular weight excluding hydrogens is 294 g/mol. The van der Waals surface area contributed by atoms with Gasteiger partial charge in [0.2, 0.25) is 0 Å². The standard InChI is InChI=1S/C15H23NO2S.ClH/c1-3-13-19(17,18)15(9-11-16(2)12-10-15)14-7-5-4-6-8-14;/h4-8H,3,9-13H2,1-2H3;1H. The van der Waals surface area contributed by atoms with Gasteiger partial charge in [0.05, 0.1) is 10.5 Å². The predicted octanol–water partition coefficient (Wildman–Crippen LogP) is 2.85. The summed E-state index contributed by atoms with van der Waals surface area (Å²) in [6.07, 6.45) is 2.10. The largest absolute Gasteiger partial charge is 0.306 e. The van der Waals surface area contributed by atoms with E-state index >= 15 is 0 Å². The third-order valence-electron chi connectivity index (χ3n) is 4.16. The number of sulfone groups is 1. The Bertz CT molecular complexity index is 508. The molecule has 1 aromatic rings. The van der Waals surface area contributed by atoms with Gasteiger partial charge in [-0.05, 0) is 45.0 Å². The van der Waals surface area contributed by atoms with Crippen LogP contribution in [-0.4, -0.2) is 39.2 Å². The first kappa shape index (κ1) is 17.5. The van der Waals surface area contributed by atoms with Crippen molar-refractivity contribution >= 4 is 22.2 Å². The molecule has 1 fully saturated rings. The number of likely N-dealkylation sites (tertiary alicyclic amines) is 1. The van der Waals surface area contributed by atoms with Gasteiger partial charge < -0.3 is 4.90 Å². The Kier molecular flexibility index (Phi) is 6.05. The first-order chi connectivity index (χ1) is 9.02. The van der Waals surface area contributed by atoms with E-state index in [9.17, 15) is 8.42 Å². The van der Waals surface area contributed by atoms with Crippen LogP contribution in [0.1, 0.15) is 31.7 Å². The maximum absolute atomic E-state index is 12.8. The number of nitrogens with zero attached hydrogens (tertiary/aromatic N) is 1. The van der Waals surface area contributed by atoms with Crippen LogP contribution in [0.5, 0.6) is 0 Å². The lowest BCUT2D eigenvalue weighted by Crippen LogP contribution is -2.46. The molecule has 1 aromatic carbocycles. The van der Waals surface area contributed by atoms with Crippen LogP contribution in [0.15, 0.2) is 30.3 Å². The summed E-state index contributed by atoms with van der Waals surface area (Å²) in [5, 5.41) is 0. The van der Waals surface area contributed by atoms with Crippen LogP contribution in [0.2, 0.25) is 0 Å². The molecule has 0 spiro atoms. The quantitative estimate of drug-likeness (QED) is 0.857. The molecule has 0 bridgehead atoms. The molecule has 1 heterocycles. The molecule has 0 unspecified atom stereocenters. The summed E-state index contributed by atoms with van der Waals surface area (Å²) in [7, 11) is -1.04. The van der Waals surface area contributed by atoms with Crippen molar-refractivity contribution in [3.8, 4) is 0 Å². The van der Waals surface area contributed by atoms with Gasteiger partial charge in [-0.25, -0.2) is 8.42 Å². The number of piperidine rings is 1. The lowest BCUT2D eigenvalue weighted by atomic mass is 9.88. The van der Waals surface area contributed by atoms with Gasteiger partial charge in [-0.1, -0.05) is 37.3 Å². The SMILES string of the molecule is CCCS(=O)(=O)C1(c2ccccc2)CCN(C)CC1.Cl. The summed E-state index contributed by atoms with van der Waals surface area (Å²) in [5.74, 6) is 0.283. The van der Waals surface area contributed by atoms with Crippen molar-refractivity contribution in [2.75, 3.05) is 25.9 Å². The fourth-order valence-corrected chi connectivity index (χ4v) is 5.19. The maximum Gasteiger partial charge on any atom is 0.160 e. The number of rotatable bonds is 4. The van der Waals surface area contributed by atoms with Crippen molar-refractivity contribution in [3.05, 3.63) is 35.9 Å². The second kappa shape index (κ2) is 6.92. The maximum atomic E-state index is 12.8. The van der Waals surface area contributed by atoms with E-state index in [1.165, 1.54) is 0 Å². The minimum atomic E-state index is -3.10. The Hall–Kier alpha value is -0.580. The Balaban J connectivity index is 0.00000200. The van der Waals surface area contributed by atoms with Crippen LogP contribution in [0, 0.1) is 0 Å². The Labute approximate surface area is 128 Å². The highest BCUT2D eigenvalue weighted by Gasteiger charge is 2.45. The molecule has 3 nitrogen and oxygen atoms in total. The van der Waals surface area contributed by atoms with E-state index in [4.69, 9.17) is 0 Å². The number of halogens is 1. The summed E-state index contributed by atoms with van der Waals surface area (Å²) < 4.78 is 24.9. The molecule has 0 saturated carbocycles. The third kappa shape index (κ3) is 3.18. The topological polar surface area (TPSA) is 37.4 Å². The van der Waals surface area contributed by atoms with Gasteiger partial charge in [0.15, 0.2) is 9.84 Å². The molecule has 0 atom stereocenters. The highest BCUT2D eigenvalue weighted by molar-refractivity contribution is 7.92. The average Bonchev–Trinajstić information content (AvgIpc) is 2.40. The van der Waals surface area contributed by atoms with Crippen LogP contribution in [0.4, 0.5) is 0 Å². The molecule has 20 heavy (non-hydrogen) atoms. The highest BCUT2D eigenvalue weighted by Crippen LogP contribution is 2.41. The van der Waals surface area contributed by atoms with Crippen LogP contribution >= 0.6 is 12.4 Å². The van der Waals surface area contributed by atoms with Crippen LogP contribution < -0.4 is 0 Å². The van der Waals surface area contributed by atoms with Gasteiger partial charge >= 0.3 is 0 Å². The first-order valence-electron chi connectivity index (χ1n) is 6.98. The number of hydrogen-bond acceptors (Lipinski definition) is 3. The van der Waals surface area contributed by atoms with E-state index < -0.39 is 14.6 Å². The molecule has 2 rings (SSSR count). The lowest BCUT2D eigenvalue weighted by Gasteiger charge is -2.40. The minimum Gasteiger partial charge on any atom is -0.306 e. The molecule has 0 aliphatic carbocycles. The van der Waals surface area contributed by atoms with Crippen molar-refractivity contribution < 1.29 is 8.42 Å². The molecule has 0 N–H and O–H groups in total. The van der Waals surface area contributed by atoms with E-state index in [1.54, 1.807) is 0 Å². The Morgan fingerprint density at radius 3 is 2.20 bits per heavy atom. The zero-order valence-electron chi connectivity index (χ0n) is 12.2. The number of benzene rings is 1. The molecule has 1 saturated heterocycles. The molecule has 0 amide bonds. The molecule has 114 valence electrons. The summed E-state index contributed by atoms with van der Waals surface area (Å²) >= 11 is 0. The zero-order chi connectivity index (χ0) is 13.9. The van der Waals surface area contributed by atoms with E-state index in [1.807, 2.05) is 37.3 Å². The second-order valence-corrected chi connectivity index (χ2v) is 7.90. The summed E-state index contributed by atoms with van der Waals surface area (Å²) in [6.45, 7) is 3.63. The van der Waals surface area contributed by atoms with Gasteiger partial charge in [0, 0.05) is 0 Å². The van der Waals surface area contributed by atoms with E-state index in [0.29, 0.717) is 19.3 Å². The van der Waals surface area contributed by atoms with Gasteiger partial charge in [-0.15, -0.1) is 12.4 Å². The van der Waals surface area contributed by atoms with Gasteiger partial charge in [0.1, 0.15) is 0 Å². The predicted molar refractivity (Wildman–Crippen MR) is 86.2 cm³/mol. The van der Waals surface area contributed by atoms with Crippen molar-refractivity contribution in [2.24, 2.45) is 0 Å². The molecule has 1 aliphatic heterocycles. The van der Waals surface area contributed by atoms with Gasteiger partial charge in [-0.2, -0.15) is 0 Å². The summed E-state index contributed by atoms with van der Waals surface area (Å²) in [6, 6.07) is 9.77.